The van der Waals surface area contributed by atoms with Crippen molar-refractivity contribution in [1.29, 1.82) is 0 Å². The molecule has 0 heterocycles. The zero-order valence-electron chi connectivity index (χ0n) is 13.9. The van der Waals surface area contributed by atoms with Gasteiger partial charge in [-0.3, -0.25) is 19.7 Å². The van der Waals surface area contributed by atoms with Gasteiger partial charge >= 0.3 is 0 Å². The van der Waals surface area contributed by atoms with Crippen LogP contribution in [0.5, 0.6) is 0 Å². The van der Waals surface area contributed by atoms with E-state index in [1.807, 2.05) is 0 Å². The van der Waals surface area contributed by atoms with Crippen LogP contribution >= 0.6 is 11.6 Å². The van der Waals surface area contributed by atoms with Gasteiger partial charge in [0.1, 0.15) is 0 Å². The first kappa shape index (κ1) is 19.1. The number of halogens is 1. The minimum atomic E-state index is -0.507. The van der Waals surface area contributed by atoms with E-state index in [9.17, 15) is 19.7 Å². The summed E-state index contributed by atoms with van der Waals surface area (Å²) in [6.45, 7) is 1.73. The van der Waals surface area contributed by atoms with Crippen molar-refractivity contribution in [2.24, 2.45) is 0 Å². The third-order valence-corrected chi connectivity index (χ3v) is 3.67. The van der Waals surface area contributed by atoms with Crippen LogP contribution in [0.1, 0.15) is 18.9 Å². The lowest BCUT2D eigenvalue weighted by Gasteiger charge is -2.09. The number of nitro benzene ring substituents is 1. The number of non-ortho nitro benzene ring substituents is 1. The Labute approximate surface area is 154 Å². The minimum Gasteiger partial charge on any atom is -0.326 e. The second kappa shape index (κ2) is 8.77. The van der Waals surface area contributed by atoms with Crippen LogP contribution in [0.3, 0.4) is 0 Å². The molecule has 0 aromatic heterocycles. The summed E-state index contributed by atoms with van der Waals surface area (Å²) in [4.78, 5) is 33.8. The molecule has 134 valence electrons. The number of anilines is 2. The van der Waals surface area contributed by atoms with Crippen molar-refractivity contribution >= 4 is 46.6 Å². The maximum absolute atomic E-state index is 12.1. The average Bonchev–Trinajstić information content (AvgIpc) is 2.63. The zero-order chi connectivity index (χ0) is 19.1. The van der Waals surface area contributed by atoms with Crippen molar-refractivity contribution in [3.05, 3.63) is 69.2 Å². The van der Waals surface area contributed by atoms with Crippen LogP contribution < -0.4 is 10.6 Å². The predicted molar refractivity (Wildman–Crippen MR) is 101 cm³/mol. The van der Waals surface area contributed by atoms with Gasteiger partial charge < -0.3 is 10.6 Å². The summed E-state index contributed by atoms with van der Waals surface area (Å²) in [5, 5.41) is 16.4. The van der Waals surface area contributed by atoms with Crippen molar-refractivity contribution in [1.82, 2.24) is 0 Å². The van der Waals surface area contributed by atoms with E-state index in [0.29, 0.717) is 28.4 Å². The van der Waals surface area contributed by atoms with Gasteiger partial charge in [-0.25, -0.2) is 0 Å². The van der Waals surface area contributed by atoms with E-state index in [1.165, 1.54) is 30.4 Å². The van der Waals surface area contributed by atoms with Crippen molar-refractivity contribution in [3.63, 3.8) is 0 Å². The highest BCUT2D eigenvalue weighted by atomic mass is 35.5. The maximum Gasteiger partial charge on any atom is 0.270 e. The summed E-state index contributed by atoms with van der Waals surface area (Å²) in [5.41, 5.74) is 1.31. The van der Waals surface area contributed by atoms with Crippen LogP contribution in [0.4, 0.5) is 17.1 Å². The Hall–Kier alpha value is -3.19. The molecule has 0 unspecified atom stereocenters. The van der Waals surface area contributed by atoms with E-state index in [4.69, 9.17) is 11.6 Å². The fourth-order valence-electron chi connectivity index (χ4n) is 2.04. The number of carbonyl (C=O) groups is 2. The molecule has 0 aliphatic carbocycles. The SMILES string of the molecule is CCC(=O)Nc1ccc(Cl)c(NC(=O)/C=C/c2cccc([N+](=O)[O-])c2)c1. The molecule has 0 radical (unpaired) electrons. The summed E-state index contributed by atoms with van der Waals surface area (Å²) in [7, 11) is 0. The molecule has 7 nitrogen and oxygen atoms in total. The topological polar surface area (TPSA) is 101 Å². The first-order valence-corrected chi connectivity index (χ1v) is 8.09. The molecular formula is C18H16ClN3O4. The number of hydrogen-bond donors (Lipinski definition) is 2. The summed E-state index contributed by atoms with van der Waals surface area (Å²) >= 11 is 6.06. The first-order chi connectivity index (χ1) is 12.4. The number of hydrogen-bond acceptors (Lipinski definition) is 4. The van der Waals surface area contributed by atoms with E-state index in [-0.39, 0.29) is 11.6 Å². The fraction of sp³-hybridized carbons (Fsp3) is 0.111. The minimum absolute atomic E-state index is 0.0602. The van der Waals surface area contributed by atoms with Crippen LogP contribution in [0.2, 0.25) is 5.02 Å². The second-order valence-electron chi connectivity index (χ2n) is 5.27. The van der Waals surface area contributed by atoms with Crippen LogP contribution in [0, 0.1) is 10.1 Å². The fourth-order valence-corrected chi connectivity index (χ4v) is 2.20. The van der Waals surface area contributed by atoms with Crippen molar-refractivity contribution in [2.45, 2.75) is 13.3 Å². The number of nitrogens with one attached hydrogen (secondary N) is 2. The molecule has 0 aliphatic heterocycles. The second-order valence-corrected chi connectivity index (χ2v) is 5.68. The highest BCUT2D eigenvalue weighted by molar-refractivity contribution is 6.34. The van der Waals surface area contributed by atoms with Crippen LogP contribution in [0.25, 0.3) is 6.08 Å². The van der Waals surface area contributed by atoms with E-state index in [1.54, 1.807) is 31.2 Å². The number of nitro groups is 1. The molecular weight excluding hydrogens is 358 g/mol. The molecule has 2 aromatic carbocycles. The lowest BCUT2D eigenvalue weighted by Crippen LogP contribution is -2.11. The number of amides is 2. The van der Waals surface area contributed by atoms with Crippen molar-refractivity contribution in [2.75, 3.05) is 10.6 Å². The number of benzene rings is 2. The number of rotatable bonds is 6. The molecule has 2 rings (SSSR count). The Kier molecular flexibility index (Phi) is 6.46. The monoisotopic (exact) mass is 373 g/mol. The molecule has 0 bridgehead atoms. The normalized spacial score (nSPS) is 10.5. The van der Waals surface area contributed by atoms with Gasteiger partial charge in [0.15, 0.2) is 0 Å². The molecule has 0 spiro atoms. The van der Waals surface area contributed by atoms with Gasteiger partial charge in [0.05, 0.1) is 15.6 Å². The lowest BCUT2D eigenvalue weighted by molar-refractivity contribution is -0.384. The van der Waals surface area contributed by atoms with Gasteiger partial charge in [0, 0.05) is 30.3 Å². The molecule has 2 N–H and O–H groups in total. The Bertz CT molecular complexity index is 880. The predicted octanol–water partition coefficient (Wildman–Crippen LogP) is 4.25. The average molecular weight is 374 g/mol. The first-order valence-electron chi connectivity index (χ1n) is 7.72. The van der Waals surface area contributed by atoms with E-state index >= 15 is 0 Å². The molecule has 0 fully saturated rings. The Morgan fingerprint density at radius 3 is 2.65 bits per heavy atom. The zero-order valence-corrected chi connectivity index (χ0v) is 14.6. The van der Waals surface area contributed by atoms with Crippen LogP contribution in [-0.2, 0) is 9.59 Å². The molecule has 0 saturated carbocycles. The third kappa shape index (κ3) is 5.42. The lowest BCUT2D eigenvalue weighted by atomic mass is 10.2. The Morgan fingerprint density at radius 2 is 1.96 bits per heavy atom. The van der Waals surface area contributed by atoms with Crippen LogP contribution in [0.15, 0.2) is 48.5 Å². The van der Waals surface area contributed by atoms with Gasteiger partial charge in [0.2, 0.25) is 11.8 Å². The standard InChI is InChI=1S/C18H16ClN3O4/c1-2-17(23)20-13-7-8-15(19)16(11-13)21-18(24)9-6-12-4-3-5-14(10-12)22(25)26/h3-11H,2H2,1H3,(H,20,23)(H,21,24)/b9-6+. The van der Waals surface area contributed by atoms with E-state index in [2.05, 4.69) is 10.6 Å². The quantitative estimate of drug-likeness (QED) is 0.449. The smallest absolute Gasteiger partial charge is 0.270 e. The van der Waals surface area contributed by atoms with E-state index < -0.39 is 10.8 Å². The molecule has 0 saturated heterocycles. The molecule has 0 aliphatic rings. The molecule has 8 heteroatoms. The maximum atomic E-state index is 12.1. The van der Waals surface area contributed by atoms with Crippen molar-refractivity contribution in [3.8, 4) is 0 Å². The number of nitrogens with zero attached hydrogens (tertiary/aromatic N) is 1. The summed E-state index contributed by atoms with van der Waals surface area (Å²) in [6.07, 6.45) is 3.03. The highest BCUT2D eigenvalue weighted by Gasteiger charge is 2.07. The van der Waals surface area contributed by atoms with Crippen molar-refractivity contribution < 1.29 is 14.5 Å². The Balaban J connectivity index is 2.09. The van der Waals surface area contributed by atoms with Gasteiger partial charge in [-0.2, -0.15) is 0 Å². The van der Waals surface area contributed by atoms with Gasteiger partial charge in [-0.05, 0) is 29.8 Å². The van der Waals surface area contributed by atoms with E-state index in [0.717, 1.165) is 0 Å². The Morgan fingerprint density at radius 1 is 1.19 bits per heavy atom. The van der Waals surface area contributed by atoms with Gasteiger partial charge in [-0.15, -0.1) is 0 Å². The third-order valence-electron chi connectivity index (χ3n) is 3.34. The summed E-state index contributed by atoms with van der Waals surface area (Å²) in [5.74, 6) is -0.618. The molecule has 2 aromatic rings. The molecule has 26 heavy (non-hydrogen) atoms. The molecule has 2 amide bonds. The van der Waals surface area contributed by atoms with Gasteiger partial charge in [-0.1, -0.05) is 30.7 Å². The largest absolute Gasteiger partial charge is 0.326 e. The number of carbonyl (C=O) groups excluding carboxylic acids is 2. The summed E-state index contributed by atoms with van der Waals surface area (Å²) in [6, 6.07) is 10.6. The van der Waals surface area contributed by atoms with Crippen LogP contribution in [-0.4, -0.2) is 16.7 Å². The molecule has 0 atom stereocenters. The van der Waals surface area contributed by atoms with Gasteiger partial charge in [0.25, 0.3) is 5.69 Å². The highest BCUT2D eigenvalue weighted by Crippen LogP contribution is 2.25. The summed E-state index contributed by atoms with van der Waals surface area (Å²) < 4.78 is 0.